The molecular weight excluding hydrogens is 420 g/mol. The van der Waals surface area contributed by atoms with Gasteiger partial charge in [-0.3, -0.25) is 4.79 Å². The third kappa shape index (κ3) is 4.08. The van der Waals surface area contributed by atoms with Crippen molar-refractivity contribution in [3.8, 4) is 11.1 Å². The normalized spacial score (nSPS) is 20.1. The van der Waals surface area contributed by atoms with Crippen molar-refractivity contribution < 1.29 is 24.2 Å². The van der Waals surface area contributed by atoms with Crippen molar-refractivity contribution in [3.63, 3.8) is 0 Å². The molecule has 2 atom stereocenters. The first-order valence-electron chi connectivity index (χ1n) is 11.6. The van der Waals surface area contributed by atoms with Crippen molar-refractivity contribution in [1.82, 2.24) is 10.2 Å². The molecule has 1 saturated heterocycles. The molecule has 2 aromatic rings. The Kier molecular flexibility index (Phi) is 6.40. The maximum absolute atomic E-state index is 13.1. The van der Waals surface area contributed by atoms with Gasteiger partial charge in [-0.2, -0.15) is 0 Å². The van der Waals surface area contributed by atoms with Gasteiger partial charge in [-0.1, -0.05) is 61.9 Å². The minimum Gasteiger partial charge on any atom is -0.479 e. The van der Waals surface area contributed by atoms with Gasteiger partial charge in [-0.05, 0) is 48.4 Å². The average molecular weight is 451 g/mol. The number of benzene rings is 2. The van der Waals surface area contributed by atoms with Gasteiger partial charge in [0.25, 0.3) is 0 Å². The maximum atomic E-state index is 13.1. The first-order chi connectivity index (χ1) is 15.9. The van der Waals surface area contributed by atoms with Crippen LogP contribution in [0.5, 0.6) is 0 Å². The number of ether oxygens (including phenoxy) is 1. The molecule has 1 heterocycles. The Bertz CT molecular complexity index is 1020. The summed E-state index contributed by atoms with van der Waals surface area (Å²) in [7, 11) is 0. The van der Waals surface area contributed by atoms with Crippen LogP contribution in [0.1, 0.15) is 56.6 Å². The van der Waals surface area contributed by atoms with E-state index in [9.17, 15) is 19.5 Å². The van der Waals surface area contributed by atoms with E-state index in [1.807, 2.05) is 43.3 Å². The molecule has 2 unspecified atom stereocenters. The highest BCUT2D eigenvalue weighted by Crippen LogP contribution is 2.44. The summed E-state index contributed by atoms with van der Waals surface area (Å²) in [5.74, 6) is -1.45. The standard InChI is InChI=1S/C26H30N2O5/c1-3-13-26(24(30)31)14-8-15-28(26)23(29)17(2)27-25(32)33-16-22-20-11-6-4-9-18(20)19-10-5-7-12-21(19)22/h4-7,9-12,17,22H,3,8,13-16H2,1-2H3,(H,27,32)(H,30,31). The van der Waals surface area contributed by atoms with Crippen molar-refractivity contribution in [2.24, 2.45) is 0 Å². The van der Waals surface area contributed by atoms with Gasteiger partial charge in [0.1, 0.15) is 18.2 Å². The summed E-state index contributed by atoms with van der Waals surface area (Å²) in [6, 6.07) is 15.3. The predicted octanol–water partition coefficient (Wildman–Crippen LogP) is 4.16. The highest BCUT2D eigenvalue weighted by molar-refractivity contribution is 5.91. The molecule has 0 spiro atoms. The number of aliphatic carboxylic acids is 1. The number of nitrogens with one attached hydrogen (secondary N) is 1. The minimum atomic E-state index is -1.19. The minimum absolute atomic E-state index is 0.0723. The van der Waals surface area contributed by atoms with Crippen molar-refractivity contribution in [2.75, 3.05) is 13.2 Å². The Labute approximate surface area is 193 Å². The zero-order valence-electron chi connectivity index (χ0n) is 19.0. The number of nitrogens with zero attached hydrogens (tertiary/aromatic N) is 1. The van der Waals surface area contributed by atoms with Crippen molar-refractivity contribution in [1.29, 1.82) is 0 Å². The summed E-state index contributed by atoms with van der Waals surface area (Å²) >= 11 is 0. The number of alkyl carbamates (subject to hydrolysis) is 1. The van der Waals surface area contributed by atoms with Crippen molar-refractivity contribution >= 4 is 18.0 Å². The van der Waals surface area contributed by atoms with Gasteiger partial charge >= 0.3 is 12.1 Å². The Morgan fingerprint density at radius 3 is 2.30 bits per heavy atom. The van der Waals surface area contributed by atoms with E-state index in [2.05, 4.69) is 17.4 Å². The molecule has 0 saturated carbocycles. The third-order valence-electron chi connectivity index (χ3n) is 6.86. The summed E-state index contributed by atoms with van der Waals surface area (Å²) < 4.78 is 5.53. The number of rotatable bonds is 7. The quantitative estimate of drug-likeness (QED) is 0.660. The lowest BCUT2D eigenvalue weighted by molar-refractivity contribution is -0.157. The fourth-order valence-corrected chi connectivity index (χ4v) is 5.31. The molecule has 2 aliphatic rings. The van der Waals surface area contributed by atoms with Crippen LogP contribution in [0.15, 0.2) is 48.5 Å². The van der Waals surface area contributed by atoms with Crippen LogP contribution in [0.25, 0.3) is 11.1 Å². The average Bonchev–Trinajstić information content (AvgIpc) is 3.37. The van der Waals surface area contributed by atoms with Crippen molar-refractivity contribution in [3.05, 3.63) is 59.7 Å². The van der Waals surface area contributed by atoms with Crippen LogP contribution in [0, 0.1) is 0 Å². The molecule has 2 N–H and O–H groups in total. The number of carbonyl (C=O) groups excluding carboxylic acids is 2. The van der Waals surface area contributed by atoms with Gasteiger partial charge in [0.15, 0.2) is 0 Å². The molecule has 0 aromatic heterocycles. The van der Waals surface area contributed by atoms with E-state index >= 15 is 0 Å². The lowest BCUT2D eigenvalue weighted by atomic mass is 9.90. The van der Waals surface area contributed by atoms with Gasteiger partial charge in [0.2, 0.25) is 5.91 Å². The summed E-state index contributed by atoms with van der Waals surface area (Å²) in [6.07, 6.45) is 1.43. The highest BCUT2D eigenvalue weighted by atomic mass is 16.5. The molecule has 33 heavy (non-hydrogen) atoms. The summed E-state index contributed by atoms with van der Waals surface area (Å²) in [4.78, 5) is 39.1. The number of carboxylic acid groups (broad SMARTS) is 1. The second-order valence-electron chi connectivity index (χ2n) is 8.87. The lowest BCUT2D eigenvalue weighted by Gasteiger charge is -2.36. The maximum Gasteiger partial charge on any atom is 0.407 e. The lowest BCUT2D eigenvalue weighted by Crippen LogP contribution is -2.57. The Morgan fingerprint density at radius 2 is 1.73 bits per heavy atom. The number of carboxylic acids is 1. The first-order valence-corrected chi connectivity index (χ1v) is 11.6. The van der Waals surface area contributed by atoms with Gasteiger partial charge in [0, 0.05) is 12.5 Å². The summed E-state index contributed by atoms with van der Waals surface area (Å²) in [6.45, 7) is 4.01. The van der Waals surface area contributed by atoms with Crippen LogP contribution in [-0.4, -0.2) is 52.7 Å². The molecule has 2 amide bonds. The molecule has 1 fully saturated rings. The monoisotopic (exact) mass is 450 g/mol. The van der Waals surface area contributed by atoms with E-state index < -0.39 is 29.6 Å². The van der Waals surface area contributed by atoms with E-state index in [4.69, 9.17) is 4.74 Å². The van der Waals surface area contributed by atoms with E-state index in [1.54, 1.807) is 6.92 Å². The van der Waals surface area contributed by atoms with Crippen LogP contribution < -0.4 is 5.32 Å². The number of likely N-dealkylation sites (tertiary alicyclic amines) is 1. The highest BCUT2D eigenvalue weighted by Gasteiger charge is 2.50. The fraction of sp³-hybridized carbons (Fsp3) is 0.423. The molecule has 174 valence electrons. The van der Waals surface area contributed by atoms with Crippen LogP contribution in [0.2, 0.25) is 0 Å². The Balaban J connectivity index is 1.40. The number of amides is 2. The number of hydrogen-bond donors (Lipinski definition) is 2. The third-order valence-corrected chi connectivity index (χ3v) is 6.86. The van der Waals surface area contributed by atoms with Crippen LogP contribution >= 0.6 is 0 Å². The summed E-state index contributed by atoms with van der Waals surface area (Å²) in [5.41, 5.74) is 3.31. The molecule has 0 bridgehead atoms. The first kappa shape index (κ1) is 22.8. The second kappa shape index (κ2) is 9.25. The topological polar surface area (TPSA) is 95.9 Å². The largest absolute Gasteiger partial charge is 0.479 e. The fourth-order valence-electron chi connectivity index (χ4n) is 5.31. The Hall–Kier alpha value is -3.35. The second-order valence-corrected chi connectivity index (χ2v) is 8.87. The Morgan fingerprint density at radius 1 is 1.12 bits per heavy atom. The zero-order chi connectivity index (χ0) is 23.6. The number of fused-ring (bicyclic) bond motifs is 3. The van der Waals surface area contributed by atoms with Crippen molar-refractivity contribution in [2.45, 2.75) is 57.0 Å². The van der Waals surface area contributed by atoms with Gasteiger partial charge in [-0.15, -0.1) is 0 Å². The molecule has 1 aliphatic carbocycles. The van der Waals surface area contributed by atoms with Crippen LogP contribution in [0.4, 0.5) is 4.79 Å². The van der Waals surface area contributed by atoms with E-state index in [0.29, 0.717) is 32.2 Å². The molecule has 1 aliphatic heterocycles. The molecule has 4 rings (SSSR count). The molecule has 2 aromatic carbocycles. The van der Waals surface area contributed by atoms with E-state index in [1.165, 1.54) is 4.90 Å². The number of hydrogen-bond acceptors (Lipinski definition) is 4. The molecule has 0 radical (unpaired) electrons. The SMILES string of the molecule is CCCC1(C(=O)O)CCCN1C(=O)C(C)NC(=O)OCC1c2ccccc2-c2ccccc21. The molecular formula is C26H30N2O5. The van der Waals surface area contributed by atoms with E-state index in [0.717, 1.165) is 22.3 Å². The van der Waals surface area contributed by atoms with Gasteiger partial charge < -0.3 is 20.1 Å². The van der Waals surface area contributed by atoms with Gasteiger partial charge in [-0.25, -0.2) is 9.59 Å². The molecule has 7 heteroatoms. The number of carbonyl (C=O) groups is 3. The smallest absolute Gasteiger partial charge is 0.407 e. The summed E-state index contributed by atoms with van der Waals surface area (Å²) in [5, 5.41) is 12.4. The van der Waals surface area contributed by atoms with E-state index in [-0.39, 0.29) is 12.5 Å². The molecule has 7 nitrogen and oxygen atoms in total. The van der Waals surface area contributed by atoms with Crippen LogP contribution in [-0.2, 0) is 14.3 Å². The van der Waals surface area contributed by atoms with Crippen LogP contribution in [0.3, 0.4) is 0 Å². The van der Waals surface area contributed by atoms with Gasteiger partial charge in [0.05, 0.1) is 0 Å². The predicted molar refractivity (Wildman–Crippen MR) is 124 cm³/mol. The zero-order valence-corrected chi connectivity index (χ0v) is 19.0.